The third-order valence-corrected chi connectivity index (χ3v) is 5.09. The molecule has 0 unspecified atom stereocenters. The van der Waals surface area contributed by atoms with Gasteiger partial charge in [0.1, 0.15) is 5.82 Å². The van der Waals surface area contributed by atoms with E-state index in [1.807, 2.05) is 57.2 Å². The third-order valence-electron chi connectivity index (χ3n) is 5.09. The van der Waals surface area contributed by atoms with E-state index in [-0.39, 0.29) is 18.2 Å². The molecule has 0 radical (unpaired) electrons. The standard InChI is InChI=1S/C22H30N4O2/c1-22(2,3)21(28)23-14-13-20(27)24-19-15-18(16-9-7-8-10-16)25-26(19)17-11-5-4-6-12-17/h4-6,11-12,15-16H,7-10,13-14H2,1-3H3,(H,23,28)(H,24,27). The van der Waals surface area contributed by atoms with Gasteiger partial charge in [0.2, 0.25) is 11.8 Å². The van der Waals surface area contributed by atoms with Crippen LogP contribution in [0.1, 0.15) is 64.5 Å². The second kappa shape index (κ2) is 8.59. The minimum Gasteiger partial charge on any atom is -0.355 e. The average Bonchev–Trinajstić information content (AvgIpc) is 3.31. The van der Waals surface area contributed by atoms with Crippen molar-refractivity contribution in [3.05, 3.63) is 42.1 Å². The van der Waals surface area contributed by atoms with Crippen LogP contribution in [-0.4, -0.2) is 28.1 Å². The van der Waals surface area contributed by atoms with Crippen LogP contribution in [0.5, 0.6) is 0 Å². The number of benzene rings is 1. The molecule has 3 rings (SSSR count). The van der Waals surface area contributed by atoms with Crippen LogP contribution in [0.2, 0.25) is 0 Å². The zero-order chi connectivity index (χ0) is 20.1. The van der Waals surface area contributed by atoms with Crippen molar-refractivity contribution in [2.45, 2.75) is 58.8 Å². The second-order valence-corrected chi connectivity index (χ2v) is 8.49. The Balaban J connectivity index is 1.69. The predicted molar refractivity (Wildman–Crippen MR) is 110 cm³/mol. The lowest BCUT2D eigenvalue weighted by Crippen LogP contribution is -2.36. The number of aromatic nitrogens is 2. The molecule has 6 heteroatoms. The lowest BCUT2D eigenvalue weighted by Gasteiger charge is -2.17. The maximum absolute atomic E-state index is 12.5. The molecule has 2 N–H and O–H groups in total. The molecule has 1 saturated carbocycles. The van der Waals surface area contributed by atoms with E-state index in [0.717, 1.165) is 24.2 Å². The molecule has 1 aromatic carbocycles. The molecular weight excluding hydrogens is 352 g/mol. The summed E-state index contributed by atoms with van der Waals surface area (Å²) in [6, 6.07) is 11.8. The van der Waals surface area contributed by atoms with Crippen LogP contribution >= 0.6 is 0 Å². The first-order valence-corrected chi connectivity index (χ1v) is 10.1. The van der Waals surface area contributed by atoms with Crippen molar-refractivity contribution in [2.24, 2.45) is 5.41 Å². The highest BCUT2D eigenvalue weighted by Gasteiger charge is 2.23. The normalized spacial score (nSPS) is 14.8. The van der Waals surface area contributed by atoms with Gasteiger partial charge in [0.15, 0.2) is 0 Å². The maximum atomic E-state index is 12.5. The summed E-state index contributed by atoms with van der Waals surface area (Å²) < 4.78 is 1.80. The van der Waals surface area contributed by atoms with E-state index in [4.69, 9.17) is 5.10 Å². The van der Waals surface area contributed by atoms with Crippen molar-refractivity contribution >= 4 is 17.6 Å². The topological polar surface area (TPSA) is 76.0 Å². The van der Waals surface area contributed by atoms with Gasteiger partial charge in [-0.2, -0.15) is 5.10 Å². The summed E-state index contributed by atoms with van der Waals surface area (Å²) in [5.74, 6) is 0.953. The van der Waals surface area contributed by atoms with Gasteiger partial charge in [0.25, 0.3) is 0 Å². The summed E-state index contributed by atoms with van der Waals surface area (Å²) in [5.41, 5.74) is 1.50. The lowest BCUT2D eigenvalue weighted by atomic mass is 9.96. The molecule has 0 bridgehead atoms. The van der Waals surface area contributed by atoms with E-state index in [1.165, 1.54) is 12.8 Å². The molecule has 2 amide bonds. The number of nitrogens with one attached hydrogen (secondary N) is 2. The molecule has 0 spiro atoms. The van der Waals surface area contributed by atoms with Crippen LogP contribution in [0.3, 0.4) is 0 Å². The van der Waals surface area contributed by atoms with Crippen molar-refractivity contribution in [2.75, 3.05) is 11.9 Å². The summed E-state index contributed by atoms with van der Waals surface area (Å²) in [6.45, 7) is 5.87. The fourth-order valence-electron chi connectivity index (χ4n) is 3.44. The monoisotopic (exact) mass is 382 g/mol. The Labute approximate surface area is 166 Å². The average molecular weight is 383 g/mol. The zero-order valence-electron chi connectivity index (χ0n) is 17.0. The van der Waals surface area contributed by atoms with Crippen LogP contribution in [0, 0.1) is 5.41 Å². The van der Waals surface area contributed by atoms with E-state index in [1.54, 1.807) is 4.68 Å². The molecule has 1 aromatic heterocycles. The highest BCUT2D eigenvalue weighted by atomic mass is 16.2. The Morgan fingerprint density at radius 2 is 1.82 bits per heavy atom. The quantitative estimate of drug-likeness (QED) is 0.792. The van der Waals surface area contributed by atoms with Crippen molar-refractivity contribution in [3.63, 3.8) is 0 Å². The lowest BCUT2D eigenvalue weighted by molar-refractivity contribution is -0.128. The summed E-state index contributed by atoms with van der Waals surface area (Å²) in [4.78, 5) is 24.4. The second-order valence-electron chi connectivity index (χ2n) is 8.49. The number of nitrogens with zero attached hydrogens (tertiary/aromatic N) is 2. The van der Waals surface area contributed by atoms with Crippen molar-refractivity contribution in [1.82, 2.24) is 15.1 Å². The molecule has 1 aliphatic rings. The van der Waals surface area contributed by atoms with Gasteiger partial charge >= 0.3 is 0 Å². The number of para-hydroxylation sites is 1. The van der Waals surface area contributed by atoms with Gasteiger partial charge in [0, 0.05) is 30.4 Å². The molecule has 0 saturated heterocycles. The fraction of sp³-hybridized carbons (Fsp3) is 0.500. The summed E-state index contributed by atoms with van der Waals surface area (Å²) in [5, 5.41) is 10.6. The molecule has 28 heavy (non-hydrogen) atoms. The van der Waals surface area contributed by atoms with E-state index < -0.39 is 5.41 Å². The minimum atomic E-state index is -0.460. The Morgan fingerprint density at radius 1 is 1.14 bits per heavy atom. The van der Waals surface area contributed by atoms with E-state index in [0.29, 0.717) is 18.3 Å². The number of carbonyl (C=O) groups excluding carboxylic acids is 2. The maximum Gasteiger partial charge on any atom is 0.227 e. The molecule has 1 aliphatic carbocycles. The number of hydrogen-bond donors (Lipinski definition) is 2. The molecule has 0 aliphatic heterocycles. The van der Waals surface area contributed by atoms with Gasteiger partial charge in [-0.15, -0.1) is 0 Å². The van der Waals surface area contributed by atoms with Crippen LogP contribution in [0.15, 0.2) is 36.4 Å². The molecule has 0 atom stereocenters. The molecule has 150 valence electrons. The van der Waals surface area contributed by atoms with Crippen LogP contribution in [0.25, 0.3) is 5.69 Å². The van der Waals surface area contributed by atoms with E-state index in [2.05, 4.69) is 10.6 Å². The van der Waals surface area contributed by atoms with Gasteiger partial charge < -0.3 is 10.6 Å². The van der Waals surface area contributed by atoms with E-state index >= 15 is 0 Å². The summed E-state index contributed by atoms with van der Waals surface area (Å²) in [6.07, 6.45) is 4.99. The molecule has 1 heterocycles. The van der Waals surface area contributed by atoms with Gasteiger partial charge in [-0.1, -0.05) is 51.8 Å². The SMILES string of the molecule is CC(C)(C)C(=O)NCCC(=O)Nc1cc(C2CCCC2)nn1-c1ccccc1. The first kappa shape index (κ1) is 20.1. The highest BCUT2D eigenvalue weighted by molar-refractivity contribution is 5.91. The zero-order valence-corrected chi connectivity index (χ0v) is 17.0. The molecule has 6 nitrogen and oxygen atoms in total. The Morgan fingerprint density at radius 3 is 2.46 bits per heavy atom. The van der Waals surface area contributed by atoms with Crippen molar-refractivity contribution < 1.29 is 9.59 Å². The largest absolute Gasteiger partial charge is 0.355 e. The molecule has 1 fully saturated rings. The molecular formula is C22H30N4O2. The summed E-state index contributed by atoms with van der Waals surface area (Å²) >= 11 is 0. The number of hydrogen-bond acceptors (Lipinski definition) is 3. The first-order chi connectivity index (χ1) is 13.3. The Hall–Kier alpha value is -2.63. The van der Waals surface area contributed by atoms with Crippen LogP contribution in [0.4, 0.5) is 5.82 Å². The van der Waals surface area contributed by atoms with Gasteiger partial charge in [-0.05, 0) is 25.0 Å². The number of amides is 2. The first-order valence-electron chi connectivity index (χ1n) is 10.1. The van der Waals surface area contributed by atoms with Crippen LogP contribution < -0.4 is 10.6 Å². The number of anilines is 1. The predicted octanol–water partition coefficient (Wildman–Crippen LogP) is 4.02. The van der Waals surface area contributed by atoms with Gasteiger partial charge in [-0.25, -0.2) is 4.68 Å². The van der Waals surface area contributed by atoms with Crippen molar-refractivity contribution in [1.29, 1.82) is 0 Å². The number of rotatable bonds is 6. The minimum absolute atomic E-state index is 0.0573. The molecule has 2 aromatic rings. The third kappa shape index (κ3) is 5.00. The number of carbonyl (C=O) groups is 2. The highest BCUT2D eigenvalue weighted by Crippen LogP contribution is 2.35. The van der Waals surface area contributed by atoms with Gasteiger partial charge in [-0.3, -0.25) is 9.59 Å². The van der Waals surface area contributed by atoms with E-state index in [9.17, 15) is 9.59 Å². The van der Waals surface area contributed by atoms with Crippen LogP contribution in [-0.2, 0) is 9.59 Å². The Kier molecular flexibility index (Phi) is 6.17. The fourth-order valence-corrected chi connectivity index (χ4v) is 3.44. The Bertz CT molecular complexity index is 815. The summed E-state index contributed by atoms with van der Waals surface area (Å²) in [7, 11) is 0. The van der Waals surface area contributed by atoms with Gasteiger partial charge in [0.05, 0.1) is 11.4 Å². The smallest absolute Gasteiger partial charge is 0.227 e. The van der Waals surface area contributed by atoms with Crippen molar-refractivity contribution in [3.8, 4) is 5.69 Å².